The van der Waals surface area contributed by atoms with Crippen LogP contribution < -0.4 is 10.6 Å². The van der Waals surface area contributed by atoms with Gasteiger partial charge in [0.15, 0.2) is 0 Å². The van der Waals surface area contributed by atoms with E-state index in [-0.39, 0.29) is 24.8 Å². The van der Waals surface area contributed by atoms with E-state index in [1.807, 2.05) is 32.9 Å². The van der Waals surface area contributed by atoms with Crippen molar-refractivity contribution in [3.63, 3.8) is 0 Å². The zero-order valence-corrected chi connectivity index (χ0v) is 14.9. The molecule has 5 nitrogen and oxygen atoms in total. The van der Waals surface area contributed by atoms with E-state index < -0.39 is 5.60 Å². The lowest BCUT2D eigenvalue weighted by atomic mass is 9.82. The minimum Gasteiger partial charge on any atom is -0.389 e. The summed E-state index contributed by atoms with van der Waals surface area (Å²) in [4.78, 5) is 24.1. The number of hydrogen-bond donors (Lipinski definition) is 3. The van der Waals surface area contributed by atoms with Crippen LogP contribution in [0.1, 0.15) is 55.2 Å². The zero-order valence-electron chi connectivity index (χ0n) is 14.9. The van der Waals surface area contributed by atoms with Crippen LogP contribution in [0.5, 0.6) is 0 Å². The lowest BCUT2D eigenvalue weighted by molar-refractivity contribution is -0.129. The summed E-state index contributed by atoms with van der Waals surface area (Å²) in [6.07, 6.45) is 4.42. The van der Waals surface area contributed by atoms with Gasteiger partial charge in [0.25, 0.3) is 0 Å². The van der Waals surface area contributed by atoms with Crippen LogP contribution in [0.25, 0.3) is 0 Å². The highest BCUT2D eigenvalue weighted by atomic mass is 16.3. The summed E-state index contributed by atoms with van der Waals surface area (Å²) in [5.41, 5.74) is 3.05. The van der Waals surface area contributed by atoms with Crippen LogP contribution >= 0.6 is 0 Å². The summed E-state index contributed by atoms with van der Waals surface area (Å²) in [5.74, 6) is -0.527. The molecule has 3 N–H and O–H groups in total. The number of nitrogens with one attached hydrogen (secondary N) is 2. The van der Waals surface area contributed by atoms with Crippen LogP contribution in [0.2, 0.25) is 0 Å². The van der Waals surface area contributed by atoms with Crippen LogP contribution in [0.4, 0.5) is 5.69 Å². The van der Waals surface area contributed by atoms with Gasteiger partial charge >= 0.3 is 0 Å². The summed E-state index contributed by atoms with van der Waals surface area (Å²) in [5, 5.41) is 15.9. The average Bonchev–Trinajstić information content (AvgIpc) is 2.49. The van der Waals surface area contributed by atoms with Crippen molar-refractivity contribution >= 4 is 17.5 Å². The average molecular weight is 332 g/mol. The van der Waals surface area contributed by atoms with Gasteiger partial charge in [-0.2, -0.15) is 0 Å². The van der Waals surface area contributed by atoms with Gasteiger partial charge in [-0.3, -0.25) is 9.59 Å². The Bertz CT molecular complexity index is 596. The van der Waals surface area contributed by atoms with Crippen LogP contribution in [0.15, 0.2) is 12.1 Å². The van der Waals surface area contributed by atoms with Crippen LogP contribution in [0, 0.1) is 20.8 Å². The Balaban J connectivity index is 1.84. The number of hydrogen-bond acceptors (Lipinski definition) is 3. The molecule has 1 aliphatic carbocycles. The van der Waals surface area contributed by atoms with Crippen molar-refractivity contribution < 1.29 is 14.7 Å². The second kappa shape index (κ2) is 7.79. The Labute approximate surface area is 143 Å². The Morgan fingerprint density at radius 1 is 1.04 bits per heavy atom. The molecule has 0 aliphatic heterocycles. The first-order chi connectivity index (χ1) is 11.3. The van der Waals surface area contributed by atoms with E-state index in [1.54, 1.807) is 0 Å². The lowest BCUT2D eigenvalue weighted by Crippen LogP contribution is -2.40. The number of amides is 2. The highest BCUT2D eigenvalue weighted by molar-refractivity contribution is 5.95. The first-order valence-corrected chi connectivity index (χ1v) is 8.66. The molecule has 0 radical (unpaired) electrons. The molecule has 0 bridgehead atoms. The normalized spacial score (nSPS) is 16.5. The van der Waals surface area contributed by atoms with Crippen LogP contribution in [0.3, 0.4) is 0 Å². The molecule has 1 aromatic carbocycles. The molecule has 0 heterocycles. The molecule has 24 heavy (non-hydrogen) atoms. The highest BCUT2D eigenvalue weighted by Crippen LogP contribution is 2.30. The van der Waals surface area contributed by atoms with Gasteiger partial charge in [-0.25, -0.2) is 0 Å². The minimum atomic E-state index is -0.900. The Hall–Kier alpha value is -1.88. The molecule has 0 saturated heterocycles. The highest BCUT2D eigenvalue weighted by Gasteiger charge is 2.31. The number of benzene rings is 1. The molecular formula is C19H28N2O3. The van der Waals surface area contributed by atoms with Gasteiger partial charge in [-0.1, -0.05) is 37.0 Å². The first-order valence-electron chi connectivity index (χ1n) is 8.66. The fourth-order valence-corrected chi connectivity index (χ4v) is 3.49. The predicted octanol–water partition coefficient (Wildman–Crippen LogP) is 2.75. The number of aliphatic hydroxyl groups is 1. The van der Waals surface area contributed by atoms with Crippen LogP contribution in [-0.2, 0) is 9.59 Å². The second-order valence-electron chi connectivity index (χ2n) is 7.06. The summed E-state index contributed by atoms with van der Waals surface area (Å²) < 4.78 is 0. The summed E-state index contributed by atoms with van der Waals surface area (Å²) in [7, 11) is 0. The number of carbonyl (C=O) groups excluding carboxylic acids is 2. The number of rotatable bonds is 5. The molecule has 0 spiro atoms. The van der Waals surface area contributed by atoms with Gasteiger partial charge in [-0.05, 0) is 44.7 Å². The maximum atomic E-state index is 12.1. The van der Waals surface area contributed by atoms with E-state index in [0.717, 1.165) is 41.6 Å². The molecule has 1 fully saturated rings. The van der Waals surface area contributed by atoms with E-state index in [9.17, 15) is 14.7 Å². The molecule has 1 saturated carbocycles. The SMILES string of the molecule is Cc1cc(C)c(NC(=O)CNC(=O)CC2(O)CCCCC2)c(C)c1. The Morgan fingerprint density at radius 2 is 1.62 bits per heavy atom. The zero-order chi connectivity index (χ0) is 17.7. The van der Waals surface area contributed by atoms with Crippen molar-refractivity contribution in [1.82, 2.24) is 5.32 Å². The number of aryl methyl sites for hydroxylation is 3. The van der Waals surface area contributed by atoms with Crippen molar-refractivity contribution in [2.24, 2.45) is 0 Å². The third kappa shape index (κ3) is 5.06. The largest absolute Gasteiger partial charge is 0.389 e. The molecule has 1 aromatic rings. The monoisotopic (exact) mass is 332 g/mol. The molecule has 132 valence electrons. The molecule has 2 rings (SSSR count). The minimum absolute atomic E-state index is 0.0723. The maximum absolute atomic E-state index is 12.1. The maximum Gasteiger partial charge on any atom is 0.243 e. The summed E-state index contributed by atoms with van der Waals surface area (Å²) in [6.45, 7) is 5.84. The van der Waals surface area contributed by atoms with Crippen molar-refractivity contribution in [3.05, 3.63) is 28.8 Å². The molecule has 2 amide bonds. The number of anilines is 1. The van der Waals surface area contributed by atoms with Crippen molar-refractivity contribution in [3.8, 4) is 0 Å². The standard InChI is InChI=1S/C19H28N2O3/c1-13-9-14(2)18(15(3)10-13)21-17(23)12-20-16(22)11-19(24)7-5-4-6-8-19/h9-10,24H,4-8,11-12H2,1-3H3,(H,20,22)(H,21,23). The topological polar surface area (TPSA) is 78.4 Å². The van der Waals surface area contributed by atoms with Gasteiger partial charge in [0, 0.05) is 5.69 Å². The Kier molecular flexibility index (Phi) is 5.99. The van der Waals surface area contributed by atoms with Crippen molar-refractivity contribution in [2.45, 2.75) is 64.9 Å². The molecule has 0 unspecified atom stereocenters. The third-order valence-electron chi connectivity index (χ3n) is 4.66. The van der Waals surface area contributed by atoms with E-state index in [2.05, 4.69) is 10.6 Å². The van der Waals surface area contributed by atoms with E-state index in [1.165, 1.54) is 0 Å². The summed E-state index contributed by atoms with van der Waals surface area (Å²) >= 11 is 0. The van der Waals surface area contributed by atoms with Crippen molar-refractivity contribution in [2.75, 3.05) is 11.9 Å². The van der Waals surface area contributed by atoms with Crippen molar-refractivity contribution in [1.29, 1.82) is 0 Å². The molecule has 0 atom stereocenters. The van der Waals surface area contributed by atoms with Gasteiger partial charge in [0.1, 0.15) is 0 Å². The fraction of sp³-hybridized carbons (Fsp3) is 0.579. The quantitative estimate of drug-likeness (QED) is 0.776. The van der Waals surface area contributed by atoms with Gasteiger partial charge in [0.2, 0.25) is 11.8 Å². The summed E-state index contributed by atoms with van der Waals surface area (Å²) in [6, 6.07) is 4.03. The molecule has 1 aliphatic rings. The number of carbonyl (C=O) groups is 2. The van der Waals surface area contributed by atoms with E-state index in [0.29, 0.717) is 12.8 Å². The van der Waals surface area contributed by atoms with Gasteiger partial charge < -0.3 is 15.7 Å². The first kappa shape index (κ1) is 18.5. The fourth-order valence-electron chi connectivity index (χ4n) is 3.49. The lowest BCUT2D eigenvalue weighted by Gasteiger charge is -2.31. The van der Waals surface area contributed by atoms with Gasteiger partial charge in [-0.15, -0.1) is 0 Å². The van der Waals surface area contributed by atoms with Gasteiger partial charge in [0.05, 0.1) is 18.6 Å². The third-order valence-corrected chi connectivity index (χ3v) is 4.66. The molecule has 0 aromatic heterocycles. The van der Waals surface area contributed by atoms with E-state index >= 15 is 0 Å². The van der Waals surface area contributed by atoms with Crippen LogP contribution in [-0.4, -0.2) is 29.1 Å². The second-order valence-corrected chi connectivity index (χ2v) is 7.06. The van der Waals surface area contributed by atoms with E-state index in [4.69, 9.17) is 0 Å². The Morgan fingerprint density at radius 3 is 2.21 bits per heavy atom. The smallest absolute Gasteiger partial charge is 0.243 e. The predicted molar refractivity (Wildman–Crippen MR) is 94.9 cm³/mol. The molecular weight excluding hydrogens is 304 g/mol. The molecule has 5 heteroatoms.